The van der Waals surface area contributed by atoms with Crippen LogP contribution < -0.4 is 5.32 Å². The maximum absolute atomic E-state index is 12.5. The number of hydrogen-bond donors (Lipinski definition) is 1. The zero-order chi connectivity index (χ0) is 23.9. The van der Waals surface area contributed by atoms with Crippen molar-refractivity contribution in [2.45, 2.75) is 43.7 Å². The summed E-state index contributed by atoms with van der Waals surface area (Å²) < 4.78 is 30.0. The first-order valence-corrected chi connectivity index (χ1v) is 11.7. The first-order valence-electron chi connectivity index (χ1n) is 9.70. The van der Waals surface area contributed by atoms with Crippen molar-refractivity contribution in [2.75, 3.05) is 5.75 Å². The molecule has 1 unspecified atom stereocenters. The number of nitrogens with zero attached hydrogens (tertiary/aromatic N) is 1. The van der Waals surface area contributed by atoms with Crippen molar-refractivity contribution in [3.05, 3.63) is 69.2 Å². The first kappa shape index (κ1) is 25.3. The molecule has 0 saturated carbocycles. The molecule has 1 amide bonds. The molecular weight excluding hydrogens is 460 g/mol. The molecule has 0 saturated heterocycles. The van der Waals surface area contributed by atoms with E-state index in [9.17, 15) is 28.1 Å². The lowest BCUT2D eigenvalue weighted by Gasteiger charge is -2.19. The van der Waals surface area contributed by atoms with E-state index in [1.165, 1.54) is 42.5 Å². The van der Waals surface area contributed by atoms with Crippen molar-refractivity contribution >= 4 is 39.0 Å². The number of para-hydroxylation sites is 1. The van der Waals surface area contributed by atoms with Crippen LogP contribution >= 0.6 is 11.6 Å². The summed E-state index contributed by atoms with van der Waals surface area (Å²) in [5.41, 5.74) is -0.156. The number of amides is 1. The maximum atomic E-state index is 12.5. The number of esters is 1. The summed E-state index contributed by atoms with van der Waals surface area (Å²) in [7, 11) is -3.75. The number of sulfone groups is 1. The van der Waals surface area contributed by atoms with Crippen LogP contribution in [0.2, 0.25) is 5.02 Å². The van der Waals surface area contributed by atoms with Crippen LogP contribution in [0.4, 0.5) is 5.69 Å². The van der Waals surface area contributed by atoms with Crippen LogP contribution in [-0.2, 0) is 24.2 Å². The largest absolute Gasteiger partial charge is 0.463 e. The third-order valence-electron chi connectivity index (χ3n) is 4.35. The highest BCUT2D eigenvalue weighted by atomic mass is 35.5. The zero-order valence-corrected chi connectivity index (χ0v) is 19.1. The van der Waals surface area contributed by atoms with E-state index in [2.05, 4.69) is 5.32 Å². The van der Waals surface area contributed by atoms with E-state index < -0.39 is 51.0 Å². The second-order valence-corrected chi connectivity index (χ2v) is 9.75. The van der Waals surface area contributed by atoms with E-state index >= 15 is 0 Å². The molecule has 0 fully saturated rings. The molecule has 9 nitrogen and oxygen atoms in total. The Kier molecular flexibility index (Phi) is 8.73. The van der Waals surface area contributed by atoms with Crippen LogP contribution in [0, 0.1) is 10.1 Å². The molecule has 2 aromatic rings. The van der Waals surface area contributed by atoms with Gasteiger partial charge in [0.2, 0.25) is 5.91 Å². The molecular formula is C21H23ClN2O7S. The molecule has 0 spiro atoms. The Bertz CT molecular complexity index is 1090. The van der Waals surface area contributed by atoms with E-state index in [0.717, 1.165) is 0 Å². The van der Waals surface area contributed by atoms with E-state index in [4.69, 9.17) is 16.3 Å². The topological polar surface area (TPSA) is 133 Å². The van der Waals surface area contributed by atoms with E-state index in [1.54, 1.807) is 19.9 Å². The van der Waals surface area contributed by atoms with Crippen LogP contribution in [0.5, 0.6) is 0 Å². The predicted octanol–water partition coefficient (Wildman–Crippen LogP) is 3.61. The number of carbonyl (C=O) groups is 2. The number of ether oxygens (including phenoxy) is 1. The molecule has 1 N–H and O–H groups in total. The molecule has 11 heteroatoms. The standard InChI is InChI=1S/C21H23ClN2O7S/c1-14(2)31-21(26)13-18(17-5-3-4-6-19(17)24(27)28)23-20(25)11-12-32(29,30)16-9-7-15(22)8-10-16/h3-10,14,18H,11-13H2,1-2H3,(H,23,25). The van der Waals surface area contributed by atoms with E-state index in [1.807, 2.05) is 0 Å². The molecule has 0 aliphatic rings. The van der Waals surface area contributed by atoms with Gasteiger partial charge in [-0.25, -0.2) is 8.42 Å². The van der Waals surface area contributed by atoms with Gasteiger partial charge < -0.3 is 10.1 Å². The summed E-state index contributed by atoms with van der Waals surface area (Å²) >= 11 is 5.77. The fourth-order valence-corrected chi connectivity index (χ4v) is 4.28. The molecule has 1 atom stereocenters. The van der Waals surface area contributed by atoms with Gasteiger partial charge in [0.25, 0.3) is 5.69 Å². The number of nitrogens with one attached hydrogen (secondary N) is 1. The van der Waals surface area contributed by atoms with Crippen LogP contribution in [-0.4, -0.2) is 37.1 Å². The Morgan fingerprint density at radius 3 is 2.34 bits per heavy atom. The number of nitro benzene ring substituents is 1. The van der Waals surface area contributed by atoms with Gasteiger partial charge in [-0.15, -0.1) is 0 Å². The predicted molar refractivity (Wildman–Crippen MR) is 118 cm³/mol. The number of carbonyl (C=O) groups excluding carboxylic acids is 2. The minimum Gasteiger partial charge on any atom is -0.463 e. The monoisotopic (exact) mass is 482 g/mol. The third-order valence-corrected chi connectivity index (χ3v) is 6.34. The average molecular weight is 483 g/mol. The SMILES string of the molecule is CC(C)OC(=O)CC(NC(=O)CCS(=O)(=O)c1ccc(Cl)cc1)c1ccccc1[N+](=O)[O-]. The summed E-state index contributed by atoms with van der Waals surface area (Å²) in [5.74, 6) is -1.82. The Hall–Kier alpha value is -2.98. The van der Waals surface area contributed by atoms with Crippen molar-refractivity contribution < 1.29 is 27.7 Å². The molecule has 0 aliphatic heterocycles. The van der Waals surface area contributed by atoms with Gasteiger partial charge in [0, 0.05) is 17.5 Å². The smallest absolute Gasteiger partial charge is 0.308 e. The van der Waals surface area contributed by atoms with Crippen LogP contribution in [0.15, 0.2) is 53.4 Å². The average Bonchev–Trinajstić information content (AvgIpc) is 2.71. The summed E-state index contributed by atoms with van der Waals surface area (Å²) in [6, 6.07) is 10.2. The number of nitro groups is 1. The molecule has 0 aliphatic carbocycles. The zero-order valence-electron chi connectivity index (χ0n) is 17.5. The normalized spacial score (nSPS) is 12.2. The van der Waals surface area contributed by atoms with Crippen molar-refractivity contribution in [1.29, 1.82) is 0 Å². The van der Waals surface area contributed by atoms with Gasteiger partial charge in [0.05, 0.1) is 39.7 Å². The second kappa shape index (κ2) is 11.1. The lowest BCUT2D eigenvalue weighted by molar-refractivity contribution is -0.385. The summed E-state index contributed by atoms with van der Waals surface area (Å²) in [5, 5.41) is 14.3. The van der Waals surface area contributed by atoms with Gasteiger partial charge in [-0.05, 0) is 38.1 Å². The number of halogens is 1. The van der Waals surface area contributed by atoms with Gasteiger partial charge in [0.1, 0.15) is 0 Å². The molecule has 2 rings (SSSR count). The highest BCUT2D eigenvalue weighted by Gasteiger charge is 2.27. The van der Waals surface area contributed by atoms with Gasteiger partial charge in [0.15, 0.2) is 9.84 Å². The van der Waals surface area contributed by atoms with Crippen molar-refractivity contribution in [2.24, 2.45) is 0 Å². The Balaban J connectivity index is 2.18. The number of benzene rings is 2. The molecule has 2 aromatic carbocycles. The first-order chi connectivity index (χ1) is 15.0. The molecule has 0 aromatic heterocycles. The van der Waals surface area contributed by atoms with Gasteiger partial charge in [-0.2, -0.15) is 0 Å². The molecule has 0 bridgehead atoms. The van der Waals surface area contributed by atoms with Crippen molar-refractivity contribution in [1.82, 2.24) is 5.32 Å². The molecule has 0 radical (unpaired) electrons. The lowest BCUT2D eigenvalue weighted by Crippen LogP contribution is -2.32. The van der Waals surface area contributed by atoms with E-state index in [0.29, 0.717) is 5.02 Å². The Morgan fingerprint density at radius 2 is 1.75 bits per heavy atom. The maximum Gasteiger partial charge on any atom is 0.308 e. The number of hydrogen-bond acceptors (Lipinski definition) is 7. The summed E-state index contributed by atoms with van der Waals surface area (Å²) in [6.07, 6.45) is -1.16. The number of rotatable bonds is 10. The summed E-state index contributed by atoms with van der Waals surface area (Å²) in [6.45, 7) is 3.30. The van der Waals surface area contributed by atoms with Crippen molar-refractivity contribution in [3.63, 3.8) is 0 Å². The fourth-order valence-electron chi connectivity index (χ4n) is 2.92. The van der Waals surface area contributed by atoms with Gasteiger partial charge in [-0.3, -0.25) is 19.7 Å². The summed E-state index contributed by atoms with van der Waals surface area (Å²) in [4.78, 5) is 35.5. The molecule has 0 heterocycles. The van der Waals surface area contributed by atoms with Crippen LogP contribution in [0.3, 0.4) is 0 Å². The highest BCUT2D eigenvalue weighted by Crippen LogP contribution is 2.28. The van der Waals surface area contributed by atoms with E-state index in [-0.39, 0.29) is 22.6 Å². The van der Waals surface area contributed by atoms with Crippen LogP contribution in [0.25, 0.3) is 0 Å². The van der Waals surface area contributed by atoms with Gasteiger partial charge in [-0.1, -0.05) is 29.8 Å². The second-order valence-electron chi connectivity index (χ2n) is 7.20. The highest BCUT2D eigenvalue weighted by molar-refractivity contribution is 7.91. The molecule has 172 valence electrons. The Labute approximate surface area is 190 Å². The van der Waals surface area contributed by atoms with Gasteiger partial charge >= 0.3 is 5.97 Å². The fraction of sp³-hybridized carbons (Fsp3) is 0.333. The Morgan fingerprint density at radius 1 is 1.12 bits per heavy atom. The minimum atomic E-state index is -3.75. The van der Waals surface area contributed by atoms with Crippen molar-refractivity contribution in [3.8, 4) is 0 Å². The van der Waals surface area contributed by atoms with Crippen LogP contribution in [0.1, 0.15) is 38.3 Å². The minimum absolute atomic E-state index is 0.0189. The lowest BCUT2D eigenvalue weighted by atomic mass is 10.0. The quantitative estimate of drug-likeness (QED) is 0.310. The molecule has 32 heavy (non-hydrogen) atoms. The third kappa shape index (κ3) is 7.31.